The van der Waals surface area contributed by atoms with E-state index in [0.717, 1.165) is 0 Å². The second kappa shape index (κ2) is 5.64. The molecule has 0 saturated carbocycles. The standard InChI is InChI=1S/C8H11F3O3/c1-6(2)7(12)13-3-4-14-8(10,11)5-9/h1,3-5H2,2H3. The molecule has 0 aromatic carbocycles. The van der Waals surface area contributed by atoms with Crippen molar-refractivity contribution in [3.8, 4) is 0 Å². The van der Waals surface area contributed by atoms with Crippen LogP contribution in [0.2, 0.25) is 0 Å². The number of esters is 1. The van der Waals surface area contributed by atoms with Gasteiger partial charge in [-0.15, -0.1) is 0 Å². The minimum Gasteiger partial charge on any atom is -0.460 e. The summed E-state index contributed by atoms with van der Waals surface area (Å²) in [7, 11) is 0. The summed E-state index contributed by atoms with van der Waals surface area (Å²) in [6.07, 6.45) is -3.81. The molecule has 0 rings (SSSR count). The lowest BCUT2D eigenvalue weighted by Crippen LogP contribution is -2.26. The van der Waals surface area contributed by atoms with E-state index in [9.17, 15) is 18.0 Å². The fourth-order valence-electron chi connectivity index (χ4n) is 0.487. The average Bonchev–Trinajstić information content (AvgIpc) is 2.12. The molecule has 0 atom stereocenters. The third kappa shape index (κ3) is 5.58. The predicted octanol–water partition coefficient (Wildman–Crippen LogP) is 1.68. The fourth-order valence-corrected chi connectivity index (χ4v) is 0.487. The van der Waals surface area contributed by atoms with E-state index in [1.165, 1.54) is 6.92 Å². The Morgan fingerprint density at radius 2 is 2.00 bits per heavy atom. The maximum Gasteiger partial charge on any atom is 0.384 e. The number of hydrogen-bond donors (Lipinski definition) is 0. The highest BCUT2D eigenvalue weighted by atomic mass is 19.3. The highest BCUT2D eigenvalue weighted by Crippen LogP contribution is 2.14. The van der Waals surface area contributed by atoms with Gasteiger partial charge in [0, 0.05) is 5.57 Å². The number of carbonyl (C=O) groups is 1. The Morgan fingerprint density at radius 1 is 1.43 bits per heavy atom. The Morgan fingerprint density at radius 3 is 2.43 bits per heavy atom. The molecule has 0 aliphatic heterocycles. The molecule has 3 nitrogen and oxygen atoms in total. The van der Waals surface area contributed by atoms with Crippen LogP contribution in [0.1, 0.15) is 6.92 Å². The molecule has 0 amide bonds. The van der Waals surface area contributed by atoms with Gasteiger partial charge >= 0.3 is 12.1 Å². The van der Waals surface area contributed by atoms with Crippen LogP contribution in [0.4, 0.5) is 13.2 Å². The minimum atomic E-state index is -3.81. The smallest absolute Gasteiger partial charge is 0.384 e. The first-order valence-electron chi connectivity index (χ1n) is 3.79. The molecule has 0 N–H and O–H groups in total. The van der Waals surface area contributed by atoms with Gasteiger partial charge in [0.1, 0.15) is 6.61 Å². The number of rotatable bonds is 6. The third-order valence-electron chi connectivity index (χ3n) is 1.13. The molecule has 0 fully saturated rings. The summed E-state index contributed by atoms with van der Waals surface area (Å²) in [5, 5.41) is 0. The Bertz CT molecular complexity index is 216. The van der Waals surface area contributed by atoms with Crippen molar-refractivity contribution in [2.75, 3.05) is 19.9 Å². The van der Waals surface area contributed by atoms with Crippen molar-refractivity contribution in [2.24, 2.45) is 0 Å². The lowest BCUT2D eigenvalue weighted by Gasteiger charge is -2.12. The van der Waals surface area contributed by atoms with Gasteiger partial charge in [0.15, 0.2) is 6.67 Å². The van der Waals surface area contributed by atoms with E-state index in [2.05, 4.69) is 16.1 Å². The molecule has 0 unspecified atom stereocenters. The molecule has 0 bridgehead atoms. The van der Waals surface area contributed by atoms with Crippen LogP contribution >= 0.6 is 0 Å². The van der Waals surface area contributed by atoms with Crippen LogP contribution in [0, 0.1) is 0 Å². The number of alkyl halides is 3. The Kier molecular flexibility index (Phi) is 5.22. The van der Waals surface area contributed by atoms with Crippen LogP contribution in [-0.2, 0) is 14.3 Å². The zero-order valence-corrected chi connectivity index (χ0v) is 7.69. The molecule has 6 heteroatoms. The lowest BCUT2D eigenvalue weighted by atomic mass is 10.4. The summed E-state index contributed by atoms with van der Waals surface area (Å²) in [6, 6.07) is 0. The summed E-state index contributed by atoms with van der Waals surface area (Å²) in [4.78, 5) is 10.7. The molecule has 14 heavy (non-hydrogen) atoms. The Balaban J connectivity index is 3.57. The average molecular weight is 212 g/mol. The summed E-state index contributed by atoms with van der Waals surface area (Å²) in [6.45, 7) is 1.87. The van der Waals surface area contributed by atoms with Gasteiger partial charge in [-0.3, -0.25) is 0 Å². The summed E-state index contributed by atoms with van der Waals surface area (Å²) in [5.41, 5.74) is 0.155. The van der Waals surface area contributed by atoms with Crippen molar-refractivity contribution in [1.82, 2.24) is 0 Å². The molecule has 0 aromatic heterocycles. The molecule has 0 aliphatic carbocycles. The van der Waals surface area contributed by atoms with Gasteiger partial charge in [-0.1, -0.05) is 6.58 Å². The maximum atomic E-state index is 12.1. The van der Waals surface area contributed by atoms with Crippen molar-refractivity contribution in [2.45, 2.75) is 13.0 Å². The van der Waals surface area contributed by atoms with Gasteiger partial charge in [-0.05, 0) is 6.92 Å². The van der Waals surface area contributed by atoms with E-state index in [1.807, 2.05) is 0 Å². The largest absolute Gasteiger partial charge is 0.460 e. The zero-order valence-electron chi connectivity index (χ0n) is 7.69. The van der Waals surface area contributed by atoms with Crippen molar-refractivity contribution in [3.05, 3.63) is 12.2 Å². The highest BCUT2D eigenvalue weighted by Gasteiger charge is 2.29. The normalized spacial score (nSPS) is 11.1. The molecule has 0 saturated heterocycles. The Labute approximate surface area is 79.5 Å². The van der Waals surface area contributed by atoms with Crippen LogP contribution in [0.15, 0.2) is 12.2 Å². The quantitative estimate of drug-likeness (QED) is 0.382. The molecule has 0 aliphatic rings. The molecule has 0 aromatic rings. The number of hydrogen-bond acceptors (Lipinski definition) is 3. The first kappa shape index (κ1) is 13.0. The van der Waals surface area contributed by atoms with E-state index in [1.54, 1.807) is 0 Å². The van der Waals surface area contributed by atoms with Gasteiger partial charge < -0.3 is 9.47 Å². The summed E-state index contributed by atoms with van der Waals surface area (Å²) in [5.74, 6) is -0.697. The summed E-state index contributed by atoms with van der Waals surface area (Å²) >= 11 is 0. The number of halogens is 3. The van der Waals surface area contributed by atoms with Crippen LogP contribution < -0.4 is 0 Å². The van der Waals surface area contributed by atoms with E-state index in [-0.39, 0.29) is 12.2 Å². The highest BCUT2D eigenvalue weighted by molar-refractivity contribution is 5.86. The van der Waals surface area contributed by atoms with Crippen LogP contribution in [0.3, 0.4) is 0 Å². The molecular weight excluding hydrogens is 201 g/mol. The monoisotopic (exact) mass is 212 g/mol. The topological polar surface area (TPSA) is 35.5 Å². The minimum absolute atomic E-state index is 0.155. The van der Waals surface area contributed by atoms with E-state index in [0.29, 0.717) is 0 Å². The SMILES string of the molecule is C=C(C)C(=O)OCCOC(F)(F)CF. The fraction of sp³-hybridized carbons (Fsp3) is 0.625. The van der Waals surface area contributed by atoms with Crippen LogP contribution in [0.25, 0.3) is 0 Å². The van der Waals surface area contributed by atoms with Crippen molar-refractivity contribution in [1.29, 1.82) is 0 Å². The first-order chi connectivity index (χ1) is 6.39. The van der Waals surface area contributed by atoms with E-state index < -0.39 is 25.4 Å². The second-order valence-electron chi connectivity index (χ2n) is 2.54. The van der Waals surface area contributed by atoms with E-state index >= 15 is 0 Å². The van der Waals surface area contributed by atoms with E-state index in [4.69, 9.17) is 0 Å². The van der Waals surface area contributed by atoms with Crippen LogP contribution in [0.5, 0.6) is 0 Å². The third-order valence-corrected chi connectivity index (χ3v) is 1.13. The van der Waals surface area contributed by atoms with Crippen molar-refractivity contribution < 1.29 is 27.4 Å². The van der Waals surface area contributed by atoms with Crippen molar-refractivity contribution in [3.63, 3.8) is 0 Å². The molecule has 0 radical (unpaired) electrons. The predicted molar refractivity (Wildman–Crippen MR) is 42.6 cm³/mol. The van der Waals surface area contributed by atoms with Gasteiger partial charge in [-0.2, -0.15) is 8.78 Å². The van der Waals surface area contributed by atoms with Gasteiger partial charge in [0.25, 0.3) is 0 Å². The molecule has 82 valence electrons. The molecule has 0 spiro atoms. The maximum absolute atomic E-state index is 12.1. The van der Waals surface area contributed by atoms with Crippen LogP contribution in [-0.4, -0.2) is 32.0 Å². The Hall–Kier alpha value is -1.04. The van der Waals surface area contributed by atoms with Gasteiger partial charge in [0.05, 0.1) is 6.61 Å². The van der Waals surface area contributed by atoms with Crippen molar-refractivity contribution >= 4 is 5.97 Å². The number of ether oxygens (including phenoxy) is 2. The second-order valence-corrected chi connectivity index (χ2v) is 2.54. The first-order valence-corrected chi connectivity index (χ1v) is 3.79. The number of carbonyl (C=O) groups excluding carboxylic acids is 1. The zero-order chi connectivity index (χ0) is 11.2. The summed E-state index contributed by atoms with van der Waals surface area (Å²) < 4.78 is 43.9. The lowest BCUT2D eigenvalue weighted by molar-refractivity contribution is -0.249. The molecule has 0 heterocycles. The van der Waals surface area contributed by atoms with Gasteiger partial charge in [-0.25, -0.2) is 9.18 Å². The molecular formula is C8H11F3O3. The van der Waals surface area contributed by atoms with Gasteiger partial charge in [0.2, 0.25) is 0 Å².